The molecule has 0 amide bonds. The van der Waals surface area contributed by atoms with Crippen LogP contribution in [0, 0.1) is 0 Å². The van der Waals surface area contributed by atoms with Crippen LogP contribution in [0.2, 0.25) is 0 Å². The molecular formula is C52H33N. The minimum atomic E-state index is 1.12. The van der Waals surface area contributed by atoms with Crippen LogP contribution in [0.15, 0.2) is 200 Å². The van der Waals surface area contributed by atoms with Crippen molar-refractivity contribution in [2.24, 2.45) is 0 Å². The highest BCUT2D eigenvalue weighted by Crippen LogP contribution is 2.49. The number of anilines is 3. The molecule has 0 fully saturated rings. The molecular weight excluding hydrogens is 639 g/mol. The number of benzene rings is 10. The molecule has 0 radical (unpaired) electrons. The Hall–Kier alpha value is -6.96. The van der Waals surface area contributed by atoms with Gasteiger partial charge in [-0.15, -0.1) is 0 Å². The van der Waals surface area contributed by atoms with E-state index in [1.54, 1.807) is 0 Å². The van der Waals surface area contributed by atoms with E-state index in [4.69, 9.17) is 0 Å². The van der Waals surface area contributed by atoms with Gasteiger partial charge in [0.1, 0.15) is 0 Å². The van der Waals surface area contributed by atoms with Crippen molar-refractivity contribution in [3.63, 3.8) is 0 Å². The third kappa shape index (κ3) is 4.79. The van der Waals surface area contributed by atoms with Crippen LogP contribution in [-0.4, -0.2) is 0 Å². The van der Waals surface area contributed by atoms with Gasteiger partial charge in [-0.2, -0.15) is 0 Å². The van der Waals surface area contributed by atoms with Gasteiger partial charge >= 0.3 is 0 Å². The average molecular weight is 672 g/mol. The van der Waals surface area contributed by atoms with Crippen LogP contribution < -0.4 is 4.90 Å². The number of fused-ring (bicyclic) bond motifs is 7. The maximum Gasteiger partial charge on any atom is 0.0468 e. The van der Waals surface area contributed by atoms with E-state index >= 15 is 0 Å². The standard InChI is InChI=1S/C52H33N/c1-3-16-44-34(9-1)11-6-18-46(44)36-23-26-41(27-24-36)53(43-28-30-48-49-19-7-12-37-13-8-20-50(52(37)49)51(48)33-43)42-15-5-14-38(32-42)39-25-29-47-40(31-39)22-21-35-10-2-4-17-45(35)47/h1-33H. The summed E-state index contributed by atoms with van der Waals surface area (Å²) in [5.41, 5.74) is 13.4. The monoisotopic (exact) mass is 671 g/mol. The predicted molar refractivity (Wildman–Crippen MR) is 226 cm³/mol. The molecule has 1 nitrogen and oxygen atoms in total. The van der Waals surface area contributed by atoms with Crippen LogP contribution in [-0.2, 0) is 0 Å². The Morgan fingerprint density at radius 3 is 1.64 bits per heavy atom. The highest BCUT2D eigenvalue weighted by Gasteiger charge is 2.23. The molecule has 0 saturated heterocycles. The summed E-state index contributed by atoms with van der Waals surface area (Å²) in [5, 5.41) is 10.2. The molecule has 1 heteroatoms. The van der Waals surface area contributed by atoms with Crippen LogP contribution >= 0.6 is 0 Å². The second-order valence-corrected chi connectivity index (χ2v) is 14.1. The zero-order chi connectivity index (χ0) is 34.9. The molecule has 0 spiro atoms. The molecule has 0 aliphatic heterocycles. The topological polar surface area (TPSA) is 3.24 Å². The van der Waals surface area contributed by atoms with E-state index < -0.39 is 0 Å². The Morgan fingerprint density at radius 2 is 0.811 bits per heavy atom. The summed E-state index contributed by atoms with van der Waals surface area (Å²) < 4.78 is 0. The fourth-order valence-corrected chi connectivity index (χ4v) is 8.65. The van der Waals surface area contributed by atoms with Gasteiger partial charge < -0.3 is 4.90 Å². The Kier molecular flexibility index (Phi) is 6.62. The lowest BCUT2D eigenvalue weighted by molar-refractivity contribution is 1.28. The van der Waals surface area contributed by atoms with E-state index in [1.807, 2.05) is 0 Å². The third-order valence-electron chi connectivity index (χ3n) is 11.2. The van der Waals surface area contributed by atoms with Gasteiger partial charge in [0.2, 0.25) is 0 Å². The zero-order valence-corrected chi connectivity index (χ0v) is 29.0. The summed E-state index contributed by atoms with van der Waals surface area (Å²) in [4.78, 5) is 2.41. The van der Waals surface area contributed by atoms with E-state index in [1.165, 1.54) is 87.6 Å². The summed E-state index contributed by atoms with van der Waals surface area (Å²) >= 11 is 0. The molecule has 0 atom stereocenters. The summed E-state index contributed by atoms with van der Waals surface area (Å²) in [6, 6.07) is 73.6. The molecule has 0 bridgehead atoms. The van der Waals surface area contributed by atoms with Crippen molar-refractivity contribution in [3.05, 3.63) is 200 Å². The number of hydrogen-bond donors (Lipinski definition) is 0. The summed E-state index contributed by atoms with van der Waals surface area (Å²) in [5.74, 6) is 0. The smallest absolute Gasteiger partial charge is 0.0468 e. The van der Waals surface area contributed by atoms with Gasteiger partial charge in [-0.25, -0.2) is 0 Å². The lowest BCUT2D eigenvalue weighted by atomic mass is 9.96. The molecule has 1 aliphatic carbocycles. The van der Waals surface area contributed by atoms with Gasteiger partial charge in [0.05, 0.1) is 0 Å². The maximum absolute atomic E-state index is 2.41. The minimum absolute atomic E-state index is 1.12. The van der Waals surface area contributed by atoms with Crippen LogP contribution in [0.4, 0.5) is 17.1 Å². The van der Waals surface area contributed by atoms with E-state index in [2.05, 4.69) is 205 Å². The van der Waals surface area contributed by atoms with Crippen LogP contribution in [0.1, 0.15) is 0 Å². The van der Waals surface area contributed by atoms with Gasteiger partial charge in [-0.3, -0.25) is 0 Å². The van der Waals surface area contributed by atoms with Crippen molar-refractivity contribution in [3.8, 4) is 44.5 Å². The molecule has 0 saturated carbocycles. The van der Waals surface area contributed by atoms with Crippen LogP contribution in [0.25, 0.3) is 87.6 Å². The van der Waals surface area contributed by atoms with Gasteiger partial charge in [0, 0.05) is 17.1 Å². The molecule has 0 N–H and O–H groups in total. The summed E-state index contributed by atoms with van der Waals surface area (Å²) in [6.07, 6.45) is 0. The summed E-state index contributed by atoms with van der Waals surface area (Å²) in [6.45, 7) is 0. The third-order valence-corrected chi connectivity index (χ3v) is 11.2. The first-order chi connectivity index (χ1) is 26.3. The van der Waals surface area contributed by atoms with Gasteiger partial charge in [0.25, 0.3) is 0 Å². The Morgan fingerprint density at radius 1 is 0.245 bits per heavy atom. The first kappa shape index (κ1) is 29.7. The first-order valence-corrected chi connectivity index (χ1v) is 18.3. The van der Waals surface area contributed by atoms with E-state index in [-0.39, 0.29) is 0 Å². The van der Waals surface area contributed by atoms with Gasteiger partial charge in [-0.1, -0.05) is 158 Å². The molecule has 10 aromatic rings. The van der Waals surface area contributed by atoms with E-state index in [0.29, 0.717) is 0 Å². The van der Waals surface area contributed by atoms with Crippen LogP contribution in [0.3, 0.4) is 0 Å². The maximum atomic E-state index is 2.41. The van der Waals surface area contributed by atoms with Gasteiger partial charge in [-0.05, 0) is 130 Å². The lowest BCUT2D eigenvalue weighted by Crippen LogP contribution is -2.10. The second kappa shape index (κ2) is 11.8. The first-order valence-electron chi connectivity index (χ1n) is 18.3. The lowest BCUT2D eigenvalue weighted by Gasteiger charge is -2.27. The van der Waals surface area contributed by atoms with E-state index in [9.17, 15) is 0 Å². The Labute approximate surface area is 308 Å². The second-order valence-electron chi connectivity index (χ2n) is 14.1. The largest absolute Gasteiger partial charge is 0.310 e. The quantitative estimate of drug-likeness (QED) is 0.165. The van der Waals surface area contributed by atoms with Crippen LogP contribution in [0.5, 0.6) is 0 Å². The molecule has 53 heavy (non-hydrogen) atoms. The van der Waals surface area contributed by atoms with E-state index in [0.717, 1.165) is 17.1 Å². The molecule has 0 aromatic heterocycles. The van der Waals surface area contributed by atoms with Crippen molar-refractivity contribution < 1.29 is 0 Å². The van der Waals surface area contributed by atoms with Crippen molar-refractivity contribution in [2.45, 2.75) is 0 Å². The van der Waals surface area contributed by atoms with Crippen molar-refractivity contribution in [1.29, 1.82) is 0 Å². The SMILES string of the molecule is c1cc(-c2ccc3c(ccc4ccccc43)c2)cc(N(c2ccc(-c3cccc4ccccc34)cc2)c2ccc3c(c2)-c2cccc4cccc-3c24)c1. The normalized spacial score (nSPS) is 11.8. The molecule has 10 aromatic carbocycles. The number of nitrogens with zero attached hydrogens (tertiary/aromatic N) is 1. The molecule has 0 unspecified atom stereocenters. The molecule has 11 rings (SSSR count). The predicted octanol–water partition coefficient (Wildman–Crippen LogP) is 14.8. The fraction of sp³-hybridized carbons (Fsp3) is 0. The Bertz CT molecular complexity index is 3050. The Balaban J connectivity index is 1.06. The minimum Gasteiger partial charge on any atom is -0.310 e. The van der Waals surface area contributed by atoms with Crippen molar-refractivity contribution in [1.82, 2.24) is 0 Å². The average Bonchev–Trinajstić information content (AvgIpc) is 3.55. The molecule has 0 heterocycles. The molecule has 246 valence electrons. The molecule has 1 aliphatic rings. The fourth-order valence-electron chi connectivity index (χ4n) is 8.65. The zero-order valence-electron chi connectivity index (χ0n) is 29.0. The summed E-state index contributed by atoms with van der Waals surface area (Å²) in [7, 11) is 0. The highest BCUT2D eigenvalue weighted by atomic mass is 15.1. The van der Waals surface area contributed by atoms with Crippen molar-refractivity contribution in [2.75, 3.05) is 4.90 Å². The number of hydrogen-bond acceptors (Lipinski definition) is 1. The number of rotatable bonds is 5. The van der Waals surface area contributed by atoms with Gasteiger partial charge in [0.15, 0.2) is 0 Å². The van der Waals surface area contributed by atoms with Crippen molar-refractivity contribution >= 4 is 60.2 Å². The highest BCUT2D eigenvalue weighted by molar-refractivity contribution is 6.16.